The second-order valence-corrected chi connectivity index (χ2v) is 20.6. The summed E-state index contributed by atoms with van der Waals surface area (Å²) in [6.07, 6.45) is -0.520. The summed E-state index contributed by atoms with van der Waals surface area (Å²) in [5.74, 6) is 0.363. The molecule has 12 nitrogen and oxygen atoms in total. The topological polar surface area (TPSA) is 192 Å². The van der Waals surface area contributed by atoms with Gasteiger partial charge in [0.15, 0.2) is 6.29 Å². The second kappa shape index (κ2) is 13.7. The van der Waals surface area contributed by atoms with Gasteiger partial charge >= 0.3 is 5.97 Å². The number of fused-ring (bicyclic) bond motifs is 7. The molecule has 0 aromatic carbocycles. The maximum atomic E-state index is 13.1. The zero-order chi connectivity index (χ0) is 39.4. The van der Waals surface area contributed by atoms with Gasteiger partial charge in [0, 0.05) is 0 Å². The van der Waals surface area contributed by atoms with Gasteiger partial charge in [0.25, 0.3) is 6.47 Å². The number of ether oxygens (including phenoxy) is 4. The average Bonchev–Trinajstić information content (AvgIpc) is 3.09. The first-order chi connectivity index (χ1) is 25.2. The molecule has 7 rings (SSSR count). The Labute approximate surface area is 320 Å². The number of carbonyl (C=O) groups is 2. The van der Waals surface area contributed by atoms with Gasteiger partial charge in [-0.05, 0) is 121 Å². The number of allylic oxidation sites excluding steroid dienone is 2. The Morgan fingerprint density at radius 1 is 0.852 bits per heavy atom. The average molecular weight is 763 g/mol. The SMILES string of the molecule is CC1(C)CC[C@]2(C(=O)O)CC[C@]3(C)C(=CCC4[C@@]5(C)CC[C@@H](C[C@@H]6OC(OC=O)[C@@H](O)C(O[C@@H]7OC[C@@H](O)C(O)[C@@H]7O)[C@@H]6O)C(C)(C)C5CC[C@]43C)C2C1. The van der Waals surface area contributed by atoms with E-state index >= 15 is 0 Å². The maximum absolute atomic E-state index is 13.1. The van der Waals surface area contributed by atoms with Crippen molar-refractivity contribution in [2.75, 3.05) is 6.61 Å². The highest BCUT2D eigenvalue weighted by molar-refractivity contribution is 5.76. The Kier molecular flexibility index (Phi) is 10.3. The van der Waals surface area contributed by atoms with Crippen molar-refractivity contribution in [2.24, 2.45) is 56.2 Å². The van der Waals surface area contributed by atoms with Gasteiger partial charge in [-0.2, -0.15) is 0 Å². The summed E-state index contributed by atoms with van der Waals surface area (Å²) >= 11 is 0. The lowest BCUT2D eigenvalue weighted by Crippen LogP contribution is -2.65. The lowest BCUT2D eigenvalue weighted by atomic mass is 9.33. The molecule has 0 aromatic rings. The molecule has 306 valence electrons. The molecule has 0 spiro atoms. The molecule has 0 aromatic heterocycles. The van der Waals surface area contributed by atoms with Crippen LogP contribution in [0.1, 0.15) is 119 Å². The highest BCUT2D eigenvalue weighted by Crippen LogP contribution is 2.76. The van der Waals surface area contributed by atoms with Crippen molar-refractivity contribution in [1.29, 1.82) is 0 Å². The maximum Gasteiger partial charge on any atom is 0.310 e. The van der Waals surface area contributed by atoms with Crippen LogP contribution in [-0.2, 0) is 28.5 Å². The number of hydrogen-bond acceptors (Lipinski definition) is 11. The third-order valence-electron chi connectivity index (χ3n) is 17.4. The minimum atomic E-state index is -1.64. The second-order valence-electron chi connectivity index (χ2n) is 20.6. The summed E-state index contributed by atoms with van der Waals surface area (Å²) in [5, 5.41) is 64.1. The Balaban J connectivity index is 1.12. The predicted molar refractivity (Wildman–Crippen MR) is 195 cm³/mol. The summed E-state index contributed by atoms with van der Waals surface area (Å²) in [6, 6.07) is 0. The lowest BCUT2D eigenvalue weighted by molar-refractivity contribution is -0.343. The monoisotopic (exact) mass is 762 g/mol. The van der Waals surface area contributed by atoms with E-state index in [1.54, 1.807) is 0 Å². The molecule has 2 saturated heterocycles. The van der Waals surface area contributed by atoms with Crippen LogP contribution in [0.25, 0.3) is 0 Å². The molecule has 7 aliphatic rings. The van der Waals surface area contributed by atoms with Crippen LogP contribution in [0, 0.1) is 56.2 Å². The van der Waals surface area contributed by atoms with Gasteiger partial charge in [0.2, 0.25) is 6.29 Å². The molecular formula is C42H66O12. The highest BCUT2D eigenvalue weighted by atomic mass is 16.7. The highest BCUT2D eigenvalue weighted by Gasteiger charge is 2.69. The number of aliphatic hydroxyl groups is 5. The lowest BCUT2D eigenvalue weighted by Gasteiger charge is -2.71. The molecular weight excluding hydrogens is 696 g/mol. The van der Waals surface area contributed by atoms with Gasteiger partial charge in [0.1, 0.15) is 36.6 Å². The molecule has 17 atom stereocenters. The normalized spacial score (nSPS) is 52.4. The van der Waals surface area contributed by atoms with Crippen molar-refractivity contribution in [2.45, 2.75) is 174 Å². The van der Waals surface area contributed by atoms with Crippen LogP contribution in [0.15, 0.2) is 11.6 Å². The summed E-state index contributed by atoms with van der Waals surface area (Å²) in [7, 11) is 0. The van der Waals surface area contributed by atoms with Crippen LogP contribution in [0.3, 0.4) is 0 Å². The Morgan fingerprint density at radius 3 is 2.24 bits per heavy atom. The van der Waals surface area contributed by atoms with Crippen LogP contribution in [0.5, 0.6) is 0 Å². The number of aliphatic carboxylic acids is 1. The predicted octanol–water partition coefficient (Wildman–Crippen LogP) is 4.32. The molecule has 2 aliphatic heterocycles. The van der Waals surface area contributed by atoms with E-state index in [4.69, 9.17) is 18.9 Å². The van der Waals surface area contributed by atoms with Crippen molar-refractivity contribution in [1.82, 2.24) is 0 Å². The smallest absolute Gasteiger partial charge is 0.310 e. The molecule has 4 saturated carbocycles. The fraction of sp³-hybridized carbons (Fsp3) is 0.905. The van der Waals surface area contributed by atoms with Crippen LogP contribution < -0.4 is 0 Å². The third kappa shape index (κ3) is 5.97. The molecule has 12 heteroatoms. The van der Waals surface area contributed by atoms with Crippen LogP contribution in [-0.4, -0.2) is 105 Å². The Bertz CT molecular complexity index is 1480. The van der Waals surface area contributed by atoms with Crippen molar-refractivity contribution in [3.05, 3.63) is 11.6 Å². The minimum Gasteiger partial charge on any atom is -0.481 e. The molecule has 6 N–H and O–H groups in total. The van der Waals surface area contributed by atoms with E-state index in [0.717, 1.165) is 64.2 Å². The van der Waals surface area contributed by atoms with Crippen LogP contribution >= 0.6 is 0 Å². The zero-order valence-corrected chi connectivity index (χ0v) is 33.3. The molecule has 54 heavy (non-hydrogen) atoms. The quantitative estimate of drug-likeness (QED) is 0.159. The Hall–Kier alpha value is -1.64. The van der Waals surface area contributed by atoms with Gasteiger partial charge < -0.3 is 49.6 Å². The summed E-state index contributed by atoms with van der Waals surface area (Å²) in [4.78, 5) is 24.5. The van der Waals surface area contributed by atoms with E-state index < -0.39 is 66.7 Å². The van der Waals surface area contributed by atoms with Crippen molar-refractivity contribution in [3.8, 4) is 0 Å². The summed E-state index contributed by atoms with van der Waals surface area (Å²) in [5.41, 5.74) is 0.677. The minimum absolute atomic E-state index is 0.0235. The number of carboxylic acid groups (broad SMARTS) is 1. The molecule has 0 bridgehead atoms. The van der Waals surface area contributed by atoms with E-state index in [0.29, 0.717) is 18.3 Å². The molecule has 6 fully saturated rings. The van der Waals surface area contributed by atoms with Gasteiger partial charge in [-0.25, -0.2) is 0 Å². The first-order valence-corrected chi connectivity index (χ1v) is 20.5. The number of hydrogen-bond donors (Lipinski definition) is 6. The van der Waals surface area contributed by atoms with Gasteiger partial charge in [-0.15, -0.1) is 0 Å². The molecule has 2 heterocycles. The van der Waals surface area contributed by atoms with E-state index in [9.17, 15) is 40.2 Å². The van der Waals surface area contributed by atoms with Crippen molar-refractivity contribution < 1.29 is 59.2 Å². The fourth-order valence-electron chi connectivity index (χ4n) is 13.9. The summed E-state index contributed by atoms with van der Waals surface area (Å²) in [6.45, 7) is 16.6. The van der Waals surface area contributed by atoms with Gasteiger partial charge in [-0.1, -0.05) is 60.1 Å². The number of carbonyl (C=O) groups excluding carboxylic acids is 1. The van der Waals surface area contributed by atoms with E-state index in [-0.39, 0.29) is 52.0 Å². The van der Waals surface area contributed by atoms with Crippen LogP contribution in [0.4, 0.5) is 0 Å². The van der Waals surface area contributed by atoms with Crippen LogP contribution in [0.2, 0.25) is 0 Å². The van der Waals surface area contributed by atoms with E-state index in [2.05, 4.69) is 54.5 Å². The number of carboxylic acids is 1. The van der Waals surface area contributed by atoms with Gasteiger partial charge in [0.05, 0.1) is 18.1 Å². The Morgan fingerprint density at radius 2 is 1.56 bits per heavy atom. The largest absolute Gasteiger partial charge is 0.481 e. The molecule has 0 amide bonds. The third-order valence-corrected chi connectivity index (χ3v) is 17.4. The molecule has 6 unspecified atom stereocenters. The summed E-state index contributed by atoms with van der Waals surface area (Å²) < 4.78 is 22.5. The first kappa shape index (κ1) is 40.6. The first-order valence-electron chi connectivity index (χ1n) is 20.5. The van der Waals surface area contributed by atoms with Crippen molar-refractivity contribution >= 4 is 12.4 Å². The number of rotatable bonds is 7. The van der Waals surface area contributed by atoms with E-state index in [1.807, 2.05) is 0 Å². The van der Waals surface area contributed by atoms with Crippen molar-refractivity contribution in [3.63, 3.8) is 0 Å². The zero-order valence-electron chi connectivity index (χ0n) is 33.3. The number of aliphatic hydroxyl groups excluding tert-OH is 5. The van der Waals surface area contributed by atoms with E-state index in [1.165, 1.54) is 5.57 Å². The molecule has 5 aliphatic carbocycles. The standard InChI is InChI=1S/C42H66O12/c1-37(2)14-16-42(36(49)50)17-15-40(6)23(24(42)19-37)8-9-28-39(5)12-10-22(38(3,4)27(39)11-13-41(28,40)7)18-26-30(46)33(32(48)35(53-26)52-21-43)54-34-31(47)29(45)25(44)20-51-34/h8,21-22,24-35,44-48H,9-20H2,1-7H3,(H,49,50)/t22-,24?,25+,26-,27?,28?,29?,30+,31-,32-,33?,34-,35?,39-,40+,41+,42-/m0/s1. The molecule has 0 radical (unpaired) electrons. The fourth-order valence-corrected chi connectivity index (χ4v) is 13.9. The van der Waals surface area contributed by atoms with Gasteiger partial charge in [-0.3, -0.25) is 9.59 Å².